The first-order valence-electron chi connectivity index (χ1n) is 7.37. The predicted molar refractivity (Wildman–Crippen MR) is 85.4 cm³/mol. The van der Waals surface area contributed by atoms with E-state index >= 15 is 0 Å². The van der Waals surface area contributed by atoms with Gasteiger partial charge in [-0.15, -0.1) is 0 Å². The average molecular weight is 299 g/mol. The van der Waals surface area contributed by atoms with Crippen LogP contribution >= 0.6 is 0 Å². The van der Waals surface area contributed by atoms with Gasteiger partial charge in [0.05, 0.1) is 13.0 Å². The summed E-state index contributed by atoms with van der Waals surface area (Å²) >= 11 is 0. The van der Waals surface area contributed by atoms with Crippen LogP contribution in [0.5, 0.6) is 5.75 Å². The molecular weight excluding hydrogens is 278 g/mol. The Morgan fingerprint density at radius 2 is 1.77 bits per heavy atom. The number of carbonyl (C=O) groups is 1. The highest BCUT2D eigenvalue weighted by atomic mass is 16.5. The molecule has 1 atom stereocenters. The van der Waals surface area contributed by atoms with E-state index in [9.17, 15) is 4.79 Å². The maximum atomic E-state index is 11.4. The van der Waals surface area contributed by atoms with Crippen LogP contribution in [0.3, 0.4) is 0 Å². The SMILES string of the molecule is CCOC(=O)C[C@@H](N)c1ccc(OCc2ccccc2)cc1. The van der Waals surface area contributed by atoms with Crippen molar-refractivity contribution in [3.63, 3.8) is 0 Å². The number of hydrogen-bond acceptors (Lipinski definition) is 4. The van der Waals surface area contributed by atoms with Gasteiger partial charge in [-0.05, 0) is 30.2 Å². The van der Waals surface area contributed by atoms with Gasteiger partial charge in [-0.1, -0.05) is 42.5 Å². The van der Waals surface area contributed by atoms with Crippen LogP contribution < -0.4 is 10.5 Å². The number of nitrogens with two attached hydrogens (primary N) is 1. The zero-order valence-corrected chi connectivity index (χ0v) is 12.7. The highest BCUT2D eigenvalue weighted by Gasteiger charge is 2.12. The lowest BCUT2D eigenvalue weighted by Gasteiger charge is -2.12. The first kappa shape index (κ1) is 16.0. The molecule has 2 N–H and O–H groups in total. The van der Waals surface area contributed by atoms with E-state index in [1.807, 2.05) is 54.6 Å². The van der Waals surface area contributed by atoms with Gasteiger partial charge in [0.25, 0.3) is 0 Å². The number of hydrogen-bond donors (Lipinski definition) is 1. The van der Waals surface area contributed by atoms with Gasteiger partial charge in [-0.3, -0.25) is 4.79 Å². The van der Waals surface area contributed by atoms with Crippen molar-refractivity contribution >= 4 is 5.97 Å². The van der Waals surface area contributed by atoms with Gasteiger partial charge in [0.1, 0.15) is 12.4 Å². The molecule has 0 aliphatic carbocycles. The van der Waals surface area contributed by atoms with Gasteiger partial charge in [-0.2, -0.15) is 0 Å². The van der Waals surface area contributed by atoms with Crippen molar-refractivity contribution in [1.29, 1.82) is 0 Å². The second kappa shape index (κ2) is 8.20. The molecule has 22 heavy (non-hydrogen) atoms. The lowest BCUT2D eigenvalue weighted by molar-refractivity contribution is -0.143. The Balaban J connectivity index is 1.88. The van der Waals surface area contributed by atoms with Gasteiger partial charge in [0.15, 0.2) is 0 Å². The number of ether oxygens (including phenoxy) is 2. The number of rotatable bonds is 7. The van der Waals surface area contributed by atoms with Crippen LogP contribution in [0.2, 0.25) is 0 Å². The fourth-order valence-electron chi connectivity index (χ4n) is 2.07. The van der Waals surface area contributed by atoms with Crippen molar-refractivity contribution in [2.45, 2.75) is 26.0 Å². The van der Waals surface area contributed by atoms with Gasteiger partial charge in [-0.25, -0.2) is 0 Å². The molecule has 0 heterocycles. The summed E-state index contributed by atoms with van der Waals surface area (Å²) in [6, 6.07) is 17.1. The summed E-state index contributed by atoms with van der Waals surface area (Å²) in [5.74, 6) is 0.496. The molecular formula is C18H21NO3. The van der Waals surface area contributed by atoms with E-state index in [-0.39, 0.29) is 18.4 Å². The van der Waals surface area contributed by atoms with Crippen molar-refractivity contribution < 1.29 is 14.3 Å². The van der Waals surface area contributed by atoms with Gasteiger partial charge in [0, 0.05) is 6.04 Å². The summed E-state index contributed by atoms with van der Waals surface area (Å²) in [4.78, 5) is 11.4. The van der Waals surface area contributed by atoms with E-state index in [1.165, 1.54) is 0 Å². The van der Waals surface area contributed by atoms with Crippen LogP contribution in [0.1, 0.15) is 30.5 Å². The van der Waals surface area contributed by atoms with Crippen LogP contribution in [0.4, 0.5) is 0 Å². The molecule has 4 nitrogen and oxygen atoms in total. The molecule has 0 saturated carbocycles. The molecule has 2 rings (SSSR count). The fourth-order valence-corrected chi connectivity index (χ4v) is 2.07. The van der Waals surface area contributed by atoms with Crippen LogP contribution in [0.25, 0.3) is 0 Å². The van der Waals surface area contributed by atoms with Crippen LogP contribution in [-0.2, 0) is 16.1 Å². The summed E-state index contributed by atoms with van der Waals surface area (Å²) in [5.41, 5.74) is 8.00. The summed E-state index contributed by atoms with van der Waals surface area (Å²) in [6.45, 7) is 2.68. The minimum absolute atomic E-state index is 0.179. The van der Waals surface area contributed by atoms with E-state index in [4.69, 9.17) is 15.2 Å². The van der Waals surface area contributed by atoms with E-state index in [0.717, 1.165) is 16.9 Å². The molecule has 0 aliphatic heterocycles. The predicted octanol–water partition coefficient (Wildman–Crippen LogP) is 3.22. The largest absolute Gasteiger partial charge is 0.489 e. The van der Waals surface area contributed by atoms with E-state index < -0.39 is 0 Å². The Morgan fingerprint density at radius 1 is 1.09 bits per heavy atom. The molecule has 0 radical (unpaired) electrons. The third-order valence-electron chi connectivity index (χ3n) is 3.25. The minimum atomic E-state index is -0.359. The lowest BCUT2D eigenvalue weighted by atomic mass is 10.0. The monoisotopic (exact) mass is 299 g/mol. The molecule has 0 unspecified atom stereocenters. The maximum Gasteiger partial charge on any atom is 0.307 e. The topological polar surface area (TPSA) is 61.5 Å². The summed E-state index contributed by atoms with van der Waals surface area (Å²) in [5, 5.41) is 0. The zero-order chi connectivity index (χ0) is 15.8. The van der Waals surface area contributed by atoms with Crippen LogP contribution in [0.15, 0.2) is 54.6 Å². The summed E-state index contributed by atoms with van der Waals surface area (Å²) < 4.78 is 10.6. The molecule has 0 spiro atoms. The van der Waals surface area contributed by atoms with Gasteiger partial charge >= 0.3 is 5.97 Å². The first-order valence-corrected chi connectivity index (χ1v) is 7.37. The minimum Gasteiger partial charge on any atom is -0.489 e. The molecule has 0 bridgehead atoms. The molecule has 0 aliphatic rings. The van der Waals surface area contributed by atoms with Crippen molar-refractivity contribution in [3.8, 4) is 5.75 Å². The second-order valence-electron chi connectivity index (χ2n) is 4.96. The van der Waals surface area contributed by atoms with Crippen molar-refractivity contribution in [2.24, 2.45) is 5.73 Å². The Hall–Kier alpha value is -2.33. The molecule has 2 aromatic rings. The molecule has 0 aromatic heterocycles. The van der Waals surface area contributed by atoms with E-state index in [2.05, 4.69) is 0 Å². The van der Waals surface area contributed by atoms with Crippen molar-refractivity contribution in [2.75, 3.05) is 6.61 Å². The quantitative estimate of drug-likeness (QED) is 0.797. The Labute approximate surface area is 130 Å². The van der Waals surface area contributed by atoms with E-state index in [1.54, 1.807) is 6.92 Å². The molecule has 0 saturated heterocycles. The molecule has 0 amide bonds. The summed E-state index contributed by atoms with van der Waals surface area (Å²) in [6.07, 6.45) is 0.179. The summed E-state index contributed by atoms with van der Waals surface area (Å²) in [7, 11) is 0. The van der Waals surface area contributed by atoms with E-state index in [0.29, 0.717) is 13.2 Å². The Bertz CT molecular complexity index is 581. The van der Waals surface area contributed by atoms with Crippen LogP contribution in [0, 0.1) is 0 Å². The average Bonchev–Trinajstić information content (AvgIpc) is 2.54. The second-order valence-corrected chi connectivity index (χ2v) is 4.96. The normalized spacial score (nSPS) is 11.7. The standard InChI is InChI=1S/C18H21NO3/c1-2-21-18(20)12-17(19)15-8-10-16(11-9-15)22-13-14-6-4-3-5-7-14/h3-11,17H,2,12-13,19H2,1H3/t17-/m1/s1. The molecule has 4 heteroatoms. The first-order chi connectivity index (χ1) is 10.7. The number of esters is 1. The Kier molecular flexibility index (Phi) is 5.98. The van der Waals surface area contributed by atoms with Crippen LogP contribution in [-0.4, -0.2) is 12.6 Å². The lowest BCUT2D eigenvalue weighted by Crippen LogP contribution is -2.17. The van der Waals surface area contributed by atoms with Gasteiger partial charge in [0.2, 0.25) is 0 Å². The highest BCUT2D eigenvalue weighted by molar-refractivity contribution is 5.70. The third kappa shape index (κ3) is 4.90. The molecule has 2 aromatic carbocycles. The van der Waals surface area contributed by atoms with Gasteiger partial charge < -0.3 is 15.2 Å². The molecule has 0 fully saturated rings. The fraction of sp³-hybridized carbons (Fsp3) is 0.278. The third-order valence-corrected chi connectivity index (χ3v) is 3.25. The van der Waals surface area contributed by atoms with Crippen molar-refractivity contribution in [3.05, 3.63) is 65.7 Å². The maximum absolute atomic E-state index is 11.4. The molecule has 116 valence electrons. The Morgan fingerprint density at radius 3 is 2.41 bits per heavy atom. The highest BCUT2D eigenvalue weighted by Crippen LogP contribution is 2.19. The number of carbonyl (C=O) groups excluding carboxylic acids is 1. The van der Waals surface area contributed by atoms with Crippen molar-refractivity contribution in [1.82, 2.24) is 0 Å². The smallest absolute Gasteiger partial charge is 0.307 e. The number of benzene rings is 2. The zero-order valence-electron chi connectivity index (χ0n) is 12.7.